The van der Waals surface area contributed by atoms with Crippen LogP contribution in [0.25, 0.3) is 11.1 Å². The molecule has 1 saturated heterocycles. The summed E-state index contributed by atoms with van der Waals surface area (Å²) >= 11 is 0. The number of fused-ring (bicyclic) bond motifs is 3. The maximum absolute atomic E-state index is 13.9. The molecule has 4 aliphatic rings. The maximum Gasteiger partial charge on any atom is 0.325 e. The SMILES string of the molecule is Cn1cc(-c2ccc3c(c2)CC[C@@]32NC(=O)N(CC(=O)N3Cc4ccc(F)cc4CC[C@H]3C3CC3)C2=O)cn1. The number of hydrogen-bond acceptors (Lipinski definition) is 4. The zero-order valence-electron chi connectivity index (χ0n) is 21.8. The lowest BCUT2D eigenvalue weighted by Crippen LogP contribution is -2.48. The maximum atomic E-state index is 13.9. The van der Waals surface area contributed by atoms with Gasteiger partial charge in [-0.2, -0.15) is 5.10 Å². The zero-order chi connectivity index (χ0) is 26.9. The van der Waals surface area contributed by atoms with Gasteiger partial charge in [-0.25, -0.2) is 9.18 Å². The molecule has 2 aromatic carbocycles. The van der Waals surface area contributed by atoms with Gasteiger partial charge in [-0.05, 0) is 84.4 Å². The van der Waals surface area contributed by atoms with Gasteiger partial charge in [0.15, 0.2) is 0 Å². The van der Waals surface area contributed by atoms with Gasteiger partial charge >= 0.3 is 6.03 Å². The van der Waals surface area contributed by atoms with Crippen LogP contribution >= 0.6 is 0 Å². The summed E-state index contributed by atoms with van der Waals surface area (Å²) < 4.78 is 15.6. The van der Waals surface area contributed by atoms with Crippen molar-refractivity contribution in [2.24, 2.45) is 13.0 Å². The van der Waals surface area contributed by atoms with Crippen molar-refractivity contribution in [3.8, 4) is 11.1 Å². The normalized spacial score (nSPS) is 24.1. The Morgan fingerprint density at radius 1 is 1.05 bits per heavy atom. The van der Waals surface area contributed by atoms with E-state index in [1.54, 1.807) is 23.0 Å². The molecule has 1 spiro atoms. The van der Waals surface area contributed by atoms with Gasteiger partial charge in [0.2, 0.25) is 5.91 Å². The highest BCUT2D eigenvalue weighted by Crippen LogP contribution is 2.43. The molecule has 39 heavy (non-hydrogen) atoms. The van der Waals surface area contributed by atoms with Crippen LogP contribution in [0, 0.1) is 11.7 Å². The Labute approximate surface area is 225 Å². The van der Waals surface area contributed by atoms with Crippen LogP contribution in [0.15, 0.2) is 48.8 Å². The molecular formula is C30H30FN5O3. The topological polar surface area (TPSA) is 87.5 Å². The number of nitrogens with one attached hydrogen (secondary N) is 1. The van der Waals surface area contributed by atoms with E-state index in [2.05, 4.69) is 16.5 Å². The van der Waals surface area contributed by atoms with Gasteiger partial charge in [-0.3, -0.25) is 19.2 Å². The van der Waals surface area contributed by atoms with E-state index >= 15 is 0 Å². The average Bonchev–Trinajstić information content (AvgIpc) is 3.55. The number of benzene rings is 2. The van der Waals surface area contributed by atoms with Crippen molar-refractivity contribution in [2.75, 3.05) is 6.54 Å². The Bertz CT molecular complexity index is 1530. The minimum atomic E-state index is -1.14. The highest BCUT2D eigenvalue weighted by Gasteiger charge is 2.56. The van der Waals surface area contributed by atoms with Crippen molar-refractivity contribution in [1.29, 1.82) is 0 Å². The average molecular weight is 528 g/mol. The number of imide groups is 1. The molecule has 0 unspecified atom stereocenters. The van der Waals surface area contributed by atoms with Gasteiger partial charge in [0.05, 0.1) is 6.20 Å². The number of halogens is 1. The van der Waals surface area contributed by atoms with Crippen LogP contribution in [0.2, 0.25) is 0 Å². The predicted octanol–water partition coefficient (Wildman–Crippen LogP) is 3.67. The molecule has 3 heterocycles. The highest BCUT2D eigenvalue weighted by atomic mass is 19.1. The molecule has 1 saturated carbocycles. The van der Waals surface area contributed by atoms with Gasteiger partial charge < -0.3 is 10.2 Å². The molecule has 200 valence electrons. The Morgan fingerprint density at radius 2 is 1.90 bits per heavy atom. The third-order valence-electron chi connectivity index (χ3n) is 8.95. The second kappa shape index (κ2) is 8.76. The molecule has 1 aromatic heterocycles. The minimum absolute atomic E-state index is 0.0285. The number of aryl methyl sites for hydroxylation is 3. The number of urea groups is 1. The first-order chi connectivity index (χ1) is 18.8. The first kappa shape index (κ1) is 24.1. The number of carbonyl (C=O) groups is 3. The summed E-state index contributed by atoms with van der Waals surface area (Å²) in [4.78, 5) is 43.7. The smallest absolute Gasteiger partial charge is 0.325 e. The summed E-state index contributed by atoms with van der Waals surface area (Å²) in [7, 11) is 1.87. The fourth-order valence-electron chi connectivity index (χ4n) is 6.76. The first-order valence-electron chi connectivity index (χ1n) is 13.7. The van der Waals surface area contributed by atoms with Crippen LogP contribution < -0.4 is 5.32 Å². The fraction of sp³-hybridized carbons (Fsp3) is 0.400. The lowest BCUT2D eigenvalue weighted by Gasteiger charge is -2.31. The summed E-state index contributed by atoms with van der Waals surface area (Å²) in [5, 5.41) is 7.19. The van der Waals surface area contributed by atoms with E-state index in [-0.39, 0.29) is 30.2 Å². The number of carbonyl (C=O) groups excluding carboxylic acids is 3. The van der Waals surface area contributed by atoms with Crippen LogP contribution in [-0.2, 0) is 41.6 Å². The van der Waals surface area contributed by atoms with E-state index in [1.165, 1.54) is 6.07 Å². The summed E-state index contributed by atoms with van der Waals surface area (Å²) in [6.07, 6.45) is 8.43. The Kier molecular flexibility index (Phi) is 5.40. The van der Waals surface area contributed by atoms with E-state index in [4.69, 9.17) is 0 Å². The summed E-state index contributed by atoms with van der Waals surface area (Å²) in [6, 6.07) is 10.2. The van der Waals surface area contributed by atoms with E-state index in [1.807, 2.05) is 30.3 Å². The molecule has 1 N–H and O–H groups in total. The molecule has 2 atom stereocenters. The van der Waals surface area contributed by atoms with Crippen LogP contribution in [0.3, 0.4) is 0 Å². The van der Waals surface area contributed by atoms with Crippen molar-refractivity contribution >= 4 is 17.8 Å². The fourth-order valence-corrected chi connectivity index (χ4v) is 6.76. The standard InChI is InChI=1S/C30H30FN5O3/c1-34-15-23(14-32-34)19-5-8-25-21(12-19)10-11-30(25)28(38)36(29(39)33-30)17-27(37)35-16-22-4-7-24(31)13-20(22)6-9-26(35)18-2-3-18/h4-5,7-8,12-15,18,26H,2-3,6,9-11,16-17H2,1H3,(H,33,39)/t26-,30+/m0/s1. The largest absolute Gasteiger partial charge is 0.334 e. The number of hydrogen-bond donors (Lipinski definition) is 1. The van der Waals surface area contributed by atoms with Gasteiger partial charge in [0.25, 0.3) is 5.91 Å². The van der Waals surface area contributed by atoms with Crippen LogP contribution in [0.5, 0.6) is 0 Å². The third kappa shape index (κ3) is 3.94. The summed E-state index contributed by atoms with van der Waals surface area (Å²) in [5.74, 6) is -0.465. The lowest BCUT2D eigenvalue weighted by molar-refractivity contribution is -0.141. The van der Waals surface area contributed by atoms with E-state index in [9.17, 15) is 18.8 Å². The molecule has 4 amide bonds. The van der Waals surface area contributed by atoms with Crippen molar-refractivity contribution in [3.63, 3.8) is 0 Å². The van der Waals surface area contributed by atoms with Crippen molar-refractivity contribution < 1.29 is 18.8 Å². The lowest BCUT2D eigenvalue weighted by atomic mass is 9.90. The van der Waals surface area contributed by atoms with Gasteiger partial charge in [0.1, 0.15) is 17.9 Å². The molecule has 8 nitrogen and oxygen atoms in total. The van der Waals surface area contributed by atoms with Crippen LogP contribution in [0.4, 0.5) is 9.18 Å². The number of aromatic nitrogens is 2. The molecule has 0 bridgehead atoms. The molecule has 3 aromatic rings. The van der Waals surface area contributed by atoms with Crippen LogP contribution in [0.1, 0.15) is 47.9 Å². The van der Waals surface area contributed by atoms with E-state index in [0.29, 0.717) is 31.7 Å². The Morgan fingerprint density at radius 3 is 2.67 bits per heavy atom. The van der Waals surface area contributed by atoms with Crippen LogP contribution in [-0.4, -0.2) is 50.0 Å². The second-order valence-corrected chi connectivity index (χ2v) is 11.4. The van der Waals surface area contributed by atoms with Crippen molar-refractivity contribution in [2.45, 2.75) is 56.7 Å². The highest BCUT2D eigenvalue weighted by molar-refractivity contribution is 6.10. The number of rotatable bonds is 4. The second-order valence-electron chi connectivity index (χ2n) is 11.4. The van der Waals surface area contributed by atoms with Crippen molar-refractivity contribution in [1.82, 2.24) is 24.9 Å². The van der Waals surface area contributed by atoms with Crippen molar-refractivity contribution in [3.05, 3.63) is 76.9 Å². The quantitative estimate of drug-likeness (QED) is 0.525. The molecule has 2 fully saturated rings. The molecule has 9 heteroatoms. The minimum Gasteiger partial charge on any atom is -0.334 e. The number of amides is 4. The summed E-state index contributed by atoms with van der Waals surface area (Å²) in [5.41, 5.74) is 4.53. The zero-order valence-corrected chi connectivity index (χ0v) is 21.8. The first-order valence-corrected chi connectivity index (χ1v) is 13.7. The summed E-state index contributed by atoms with van der Waals surface area (Å²) in [6.45, 7) is 0.0691. The van der Waals surface area contributed by atoms with Gasteiger partial charge in [-0.15, -0.1) is 0 Å². The predicted molar refractivity (Wildman–Crippen MR) is 141 cm³/mol. The van der Waals surface area contributed by atoms with Gasteiger partial charge in [0, 0.05) is 31.4 Å². The molecule has 2 aliphatic carbocycles. The Balaban J connectivity index is 1.14. The molecule has 7 rings (SSSR count). The third-order valence-corrected chi connectivity index (χ3v) is 8.95. The number of nitrogens with zero attached hydrogens (tertiary/aromatic N) is 4. The monoisotopic (exact) mass is 527 g/mol. The van der Waals surface area contributed by atoms with E-state index < -0.39 is 11.6 Å². The van der Waals surface area contributed by atoms with Gasteiger partial charge in [-0.1, -0.05) is 24.3 Å². The molecule has 0 radical (unpaired) electrons. The molecular weight excluding hydrogens is 497 g/mol. The Hall–Kier alpha value is -4.01. The molecule has 2 aliphatic heterocycles. The van der Waals surface area contributed by atoms with E-state index in [0.717, 1.165) is 57.5 Å².